The molecule has 0 unspecified atom stereocenters. The van der Waals surface area contributed by atoms with Crippen LogP contribution >= 0.6 is 34.5 Å². The van der Waals surface area contributed by atoms with Crippen molar-refractivity contribution in [1.29, 1.82) is 0 Å². The lowest BCUT2D eigenvalue weighted by Crippen LogP contribution is -2.13. The Labute approximate surface area is 157 Å². The molecule has 1 amide bonds. The number of rotatable bonds is 4. The van der Waals surface area contributed by atoms with Gasteiger partial charge in [-0.1, -0.05) is 41.4 Å². The molecular weight excluding hydrogens is 381 g/mol. The maximum atomic E-state index is 12.4. The predicted molar refractivity (Wildman–Crippen MR) is 101 cm³/mol. The van der Waals surface area contributed by atoms with E-state index in [1.165, 1.54) is 17.4 Å². The number of amides is 1. The zero-order chi connectivity index (χ0) is 18.0. The Morgan fingerprint density at radius 1 is 1.00 bits per heavy atom. The highest BCUT2D eigenvalue weighted by Gasteiger charge is 2.21. The molecule has 0 saturated heterocycles. The van der Waals surface area contributed by atoms with Crippen LogP contribution in [0.15, 0.2) is 53.9 Å². The lowest BCUT2D eigenvalue weighted by atomic mass is 10.1. The van der Waals surface area contributed by atoms with Crippen molar-refractivity contribution in [1.82, 2.24) is 0 Å². The second kappa shape index (κ2) is 7.27. The first kappa shape index (κ1) is 17.5. The predicted octanol–water partition coefficient (Wildman–Crippen LogP) is 5.67. The monoisotopic (exact) mass is 391 g/mol. The Morgan fingerprint density at radius 3 is 2.36 bits per heavy atom. The van der Waals surface area contributed by atoms with Crippen molar-refractivity contribution in [2.45, 2.75) is 0 Å². The molecule has 0 radical (unpaired) electrons. The first-order valence-electron chi connectivity index (χ1n) is 7.13. The molecule has 0 spiro atoms. The van der Waals surface area contributed by atoms with E-state index in [9.17, 15) is 14.7 Å². The Hall–Kier alpha value is -2.34. The molecule has 4 nitrogen and oxygen atoms in total. The van der Waals surface area contributed by atoms with Crippen LogP contribution in [0, 0.1) is 0 Å². The minimum Gasteiger partial charge on any atom is -0.478 e. The number of nitrogens with one attached hydrogen (secondary N) is 1. The first-order valence-corrected chi connectivity index (χ1v) is 8.77. The van der Waals surface area contributed by atoms with Crippen LogP contribution in [0.25, 0.3) is 10.4 Å². The lowest BCUT2D eigenvalue weighted by Gasteiger charge is -2.07. The van der Waals surface area contributed by atoms with E-state index < -0.39 is 11.9 Å². The topological polar surface area (TPSA) is 66.4 Å². The van der Waals surface area contributed by atoms with Gasteiger partial charge in [-0.2, -0.15) is 0 Å². The Bertz CT molecular complexity index is 951. The van der Waals surface area contributed by atoms with E-state index in [4.69, 9.17) is 23.2 Å². The number of carbonyl (C=O) groups is 2. The van der Waals surface area contributed by atoms with E-state index in [-0.39, 0.29) is 11.3 Å². The van der Waals surface area contributed by atoms with Crippen LogP contribution in [0.2, 0.25) is 10.0 Å². The third-order valence-corrected chi connectivity index (χ3v) is 4.96. The molecule has 0 bridgehead atoms. The molecule has 0 aliphatic rings. The molecule has 0 aliphatic carbocycles. The Balaban J connectivity index is 1.96. The normalized spacial score (nSPS) is 10.5. The highest BCUT2D eigenvalue weighted by molar-refractivity contribution is 7.14. The number of hydrogen-bond acceptors (Lipinski definition) is 3. The molecule has 1 heterocycles. The second-order valence-corrected chi connectivity index (χ2v) is 6.88. The second-order valence-electron chi connectivity index (χ2n) is 5.13. The number of carboxylic acid groups (broad SMARTS) is 1. The van der Waals surface area contributed by atoms with Gasteiger partial charge >= 0.3 is 5.97 Å². The molecule has 25 heavy (non-hydrogen) atoms. The summed E-state index contributed by atoms with van der Waals surface area (Å²) in [5.41, 5.74) is 1.35. The zero-order valence-electron chi connectivity index (χ0n) is 12.6. The molecule has 7 heteroatoms. The van der Waals surface area contributed by atoms with Crippen LogP contribution in [0.3, 0.4) is 0 Å². The highest BCUT2D eigenvalue weighted by Crippen LogP contribution is 2.36. The average Bonchev–Trinajstić information content (AvgIpc) is 2.99. The molecule has 3 rings (SSSR count). The number of carboxylic acids is 1. The molecule has 0 atom stereocenters. The molecule has 126 valence electrons. The van der Waals surface area contributed by atoms with Gasteiger partial charge in [-0.3, -0.25) is 4.79 Å². The standard InChI is InChI=1S/C18H11Cl2NO3S/c19-12-6-4-10(5-7-12)16-15(18(23)24)14(9-25-16)21-17(22)11-2-1-3-13(20)8-11/h1-9H,(H,21,22)(H,23,24). The quantitative estimate of drug-likeness (QED) is 0.601. The van der Waals surface area contributed by atoms with Crippen LogP contribution in [0.4, 0.5) is 5.69 Å². The summed E-state index contributed by atoms with van der Waals surface area (Å²) in [7, 11) is 0. The Kier molecular flexibility index (Phi) is 5.08. The first-order chi connectivity index (χ1) is 12.0. The molecular formula is C18H11Cl2NO3S. The van der Waals surface area contributed by atoms with Gasteiger partial charge in [0.2, 0.25) is 0 Å². The van der Waals surface area contributed by atoms with Gasteiger partial charge in [-0.15, -0.1) is 11.3 Å². The van der Waals surface area contributed by atoms with Crippen molar-refractivity contribution in [2.75, 3.05) is 5.32 Å². The molecule has 0 aliphatic heterocycles. The van der Waals surface area contributed by atoms with Crippen LogP contribution in [0.5, 0.6) is 0 Å². The van der Waals surface area contributed by atoms with Gasteiger partial charge in [0.25, 0.3) is 5.91 Å². The number of benzene rings is 2. The van der Waals surface area contributed by atoms with E-state index in [2.05, 4.69) is 5.32 Å². The fourth-order valence-corrected chi connectivity index (χ4v) is 3.62. The highest BCUT2D eigenvalue weighted by atomic mass is 35.5. The van der Waals surface area contributed by atoms with E-state index in [0.29, 0.717) is 20.5 Å². The average molecular weight is 392 g/mol. The maximum absolute atomic E-state index is 12.4. The van der Waals surface area contributed by atoms with Gasteiger partial charge in [-0.25, -0.2) is 4.79 Å². The van der Waals surface area contributed by atoms with Crippen molar-refractivity contribution in [3.8, 4) is 10.4 Å². The summed E-state index contributed by atoms with van der Waals surface area (Å²) < 4.78 is 0. The summed E-state index contributed by atoms with van der Waals surface area (Å²) in [5.74, 6) is -1.54. The molecule has 1 aromatic heterocycles. The van der Waals surface area contributed by atoms with E-state index in [0.717, 1.165) is 5.56 Å². The largest absolute Gasteiger partial charge is 0.478 e. The molecule has 0 saturated carbocycles. The smallest absolute Gasteiger partial charge is 0.339 e. The summed E-state index contributed by atoms with van der Waals surface area (Å²) in [6.45, 7) is 0. The van der Waals surface area contributed by atoms with Crippen molar-refractivity contribution >= 4 is 52.1 Å². The van der Waals surface area contributed by atoms with Crippen LogP contribution in [0.1, 0.15) is 20.7 Å². The Morgan fingerprint density at radius 2 is 1.72 bits per heavy atom. The number of thiophene rings is 1. The molecule has 2 aromatic carbocycles. The molecule has 0 fully saturated rings. The van der Waals surface area contributed by atoms with Crippen LogP contribution < -0.4 is 5.32 Å². The van der Waals surface area contributed by atoms with Gasteiger partial charge < -0.3 is 10.4 Å². The van der Waals surface area contributed by atoms with Crippen LogP contribution in [-0.2, 0) is 0 Å². The van der Waals surface area contributed by atoms with E-state index in [1.807, 2.05) is 0 Å². The van der Waals surface area contributed by atoms with Gasteiger partial charge in [-0.05, 0) is 35.9 Å². The summed E-state index contributed by atoms with van der Waals surface area (Å²) in [6.07, 6.45) is 0. The van der Waals surface area contributed by atoms with Crippen LogP contribution in [-0.4, -0.2) is 17.0 Å². The fourth-order valence-electron chi connectivity index (χ4n) is 2.30. The SMILES string of the molecule is O=C(Nc1csc(-c2ccc(Cl)cc2)c1C(=O)O)c1cccc(Cl)c1. The number of aromatic carboxylic acids is 1. The number of anilines is 1. The van der Waals surface area contributed by atoms with Gasteiger partial charge in [0.05, 0.1) is 10.6 Å². The minimum atomic E-state index is -1.12. The molecule has 3 aromatic rings. The summed E-state index contributed by atoms with van der Waals surface area (Å²) in [5, 5.41) is 14.8. The summed E-state index contributed by atoms with van der Waals surface area (Å²) in [4.78, 5) is 24.6. The third kappa shape index (κ3) is 3.85. The van der Waals surface area contributed by atoms with Gasteiger partial charge in [0, 0.05) is 21.0 Å². The van der Waals surface area contributed by atoms with E-state index in [1.54, 1.807) is 47.8 Å². The van der Waals surface area contributed by atoms with Crippen molar-refractivity contribution < 1.29 is 14.7 Å². The summed E-state index contributed by atoms with van der Waals surface area (Å²) >= 11 is 13.0. The lowest BCUT2D eigenvalue weighted by molar-refractivity contribution is 0.0699. The van der Waals surface area contributed by atoms with Gasteiger partial charge in [0.15, 0.2) is 0 Å². The third-order valence-electron chi connectivity index (χ3n) is 3.45. The number of carbonyl (C=O) groups excluding carboxylic acids is 1. The van der Waals surface area contributed by atoms with Crippen molar-refractivity contribution in [3.05, 3.63) is 75.1 Å². The van der Waals surface area contributed by atoms with Crippen molar-refractivity contribution in [2.24, 2.45) is 0 Å². The minimum absolute atomic E-state index is 0.0442. The number of halogens is 2. The number of hydrogen-bond donors (Lipinski definition) is 2. The zero-order valence-corrected chi connectivity index (χ0v) is 15.0. The maximum Gasteiger partial charge on any atom is 0.339 e. The van der Waals surface area contributed by atoms with E-state index >= 15 is 0 Å². The van der Waals surface area contributed by atoms with Crippen molar-refractivity contribution in [3.63, 3.8) is 0 Å². The summed E-state index contributed by atoms with van der Waals surface area (Å²) in [6, 6.07) is 13.3. The molecule has 2 N–H and O–H groups in total. The fraction of sp³-hybridized carbons (Fsp3) is 0. The van der Waals surface area contributed by atoms with Gasteiger partial charge in [0.1, 0.15) is 5.56 Å².